The summed E-state index contributed by atoms with van der Waals surface area (Å²) in [5, 5.41) is 9.75. The molecule has 6 atom stereocenters. The summed E-state index contributed by atoms with van der Waals surface area (Å²) in [6, 6.07) is 18.6. The van der Waals surface area contributed by atoms with Crippen LogP contribution in [0.1, 0.15) is 260 Å². The van der Waals surface area contributed by atoms with E-state index >= 15 is 0 Å². The van der Waals surface area contributed by atoms with Crippen molar-refractivity contribution in [1.82, 2.24) is 40.4 Å². The normalized spacial score (nSPS) is 25.8. The molecule has 6 saturated heterocycles. The van der Waals surface area contributed by atoms with Crippen molar-refractivity contribution in [3.8, 4) is 0 Å². The number of fused-ring (bicyclic) bond motifs is 6. The molecule has 3 aliphatic carbocycles. The zero-order valence-corrected chi connectivity index (χ0v) is 60.0. The van der Waals surface area contributed by atoms with Crippen molar-refractivity contribution in [2.75, 3.05) is 85.6 Å². The molecule has 0 aromatic heterocycles. The number of carbonyl (C=O) groups is 5. The van der Waals surface area contributed by atoms with Gasteiger partial charge < -0.3 is 45.2 Å². The quantitative estimate of drug-likeness (QED) is 0.152. The third-order valence-corrected chi connectivity index (χ3v) is 23.6. The molecule has 3 aromatic rings. The fourth-order valence-corrected chi connectivity index (χ4v) is 17.3. The second-order valence-electron chi connectivity index (χ2n) is 33.9. The van der Waals surface area contributed by atoms with E-state index in [0.29, 0.717) is 48.8 Å². The van der Waals surface area contributed by atoms with Crippen LogP contribution in [0.2, 0.25) is 0 Å². The van der Waals surface area contributed by atoms with Crippen molar-refractivity contribution in [2.24, 2.45) is 22.2 Å². The molecule has 16 heteroatoms. The number of rotatable bonds is 13. The predicted molar refractivity (Wildman–Crippen MR) is 380 cm³/mol. The van der Waals surface area contributed by atoms with Crippen molar-refractivity contribution >= 4 is 29.5 Å². The van der Waals surface area contributed by atoms with Gasteiger partial charge in [-0.2, -0.15) is 0 Å². The Hall–Kier alpha value is -5.29. The number of piperidine rings is 3. The number of hydrogen-bond donors (Lipinski definition) is 3. The molecule has 0 bridgehead atoms. The maximum absolute atomic E-state index is 14.4. The first kappa shape index (κ1) is 72.5. The molecular formula is C79H124F2N8O6. The van der Waals surface area contributed by atoms with Crippen molar-refractivity contribution in [1.29, 1.82) is 0 Å². The van der Waals surface area contributed by atoms with Crippen LogP contribution in [-0.4, -0.2) is 152 Å². The average Bonchev–Trinajstić information content (AvgIpc) is 1.09. The molecule has 3 aromatic carbocycles. The highest BCUT2D eigenvalue weighted by Gasteiger charge is 2.47. The van der Waals surface area contributed by atoms with Gasteiger partial charge in [0.2, 0.25) is 29.5 Å². The lowest BCUT2D eigenvalue weighted by molar-refractivity contribution is -0.138. The molecule has 5 amide bonds. The highest BCUT2D eigenvalue weighted by molar-refractivity contribution is 5.90. The summed E-state index contributed by atoms with van der Waals surface area (Å²) >= 11 is 0. The molecule has 3 unspecified atom stereocenters. The summed E-state index contributed by atoms with van der Waals surface area (Å²) in [4.78, 5) is 74.0. The summed E-state index contributed by atoms with van der Waals surface area (Å²) < 4.78 is 34.3. The summed E-state index contributed by atoms with van der Waals surface area (Å²) in [6.45, 7) is 34.4. The van der Waals surface area contributed by atoms with Gasteiger partial charge in [0.05, 0.1) is 24.0 Å². The van der Waals surface area contributed by atoms with Crippen LogP contribution in [-0.2, 0) is 45.0 Å². The Morgan fingerprint density at radius 1 is 0.537 bits per heavy atom. The fraction of sp³-hybridized carbons (Fsp3) is 0.709. The minimum atomic E-state index is -0.377. The monoisotopic (exact) mass is 1320 g/mol. The molecule has 6 fully saturated rings. The van der Waals surface area contributed by atoms with E-state index in [1.54, 1.807) is 35.0 Å². The molecule has 530 valence electrons. The Kier molecular flexibility index (Phi) is 23.2. The van der Waals surface area contributed by atoms with Gasteiger partial charge in [0.1, 0.15) is 23.8 Å². The number of nitrogens with one attached hydrogen (secondary N) is 3. The Labute approximate surface area is 573 Å². The zero-order chi connectivity index (χ0) is 68.1. The van der Waals surface area contributed by atoms with Gasteiger partial charge in [-0.25, -0.2) is 8.78 Å². The van der Waals surface area contributed by atoms with E-state index in [9.17, 15) is 32.8 Å². The largest absolute Gasteiger partial charge is 0.368 e. The molecule has 3 spiro atoms. The Balaban J connectivity index is 0.000000204. The van der Waals surface area contributed by atoms with Gasteiger partial charge in [0, 0.05) is 43.9 Å². The van der Waals surface area contributed by atoms with Crippen molar-refractivity contribution < 1.29 is 41.8 Å². The summed E-state index contributed by atoms with van der Waals surface area (Å²) in [5.41, 5.74) is 8.49. The van der Waals surface area contributed by atoms with Crippen LogP contribution < -0.4 is 16.0 Å². The molecule has 12 rings (SSSR count). The highest BCUT2D eigenvalue weighted by Crippen LogP contribution is 2.52. The van der Waals surface area contributed by atoms with Crippen molar-refractivity contribution in [3.63, 3.8) is 0 Å². The number of likely N-dealkylation sites (tertiary alicyclic amines) is 5. The smallest absolute Gasteiger partial charge is 0.249 e. The lowest BCUT2D eigenvalue weighted by Crippen LogP contribution is -2.49. The van der Waals surface area contributed by atoms with E-state index in [4.69, 9.17) is 4.74 Å². The molecule has 14 nitrogen and oxygen atoms in total. The molecule has 0 radical (unpaired) electrons. The van der Waals surface area contributed by atoms with Crippen molar-refractivity contribution in [3.05, 3.63) is 106 Å². The van der Waals surface area contributed by atoms with E-state index in [-0.39, 0.29) is 97.9 Å². The summed E-state index contributed by atoms with van der Waals surface area (Å²) in [5.74, 6) is -0.516. The standard InChI is InChI=1S/C28H42FN3O2.C26H39N3O2.C25H37FN2O2.3H2/c1-5-25(33)32-15-6-7-24(32)26(34)30-23-10-11-28(22-19-20(29)8-9-21(22)23)13-17-31(18-14-28)16-12-27(2,3)4;1-25(2,3)11-14-29-15-12-26(13-16-29)10-9-22(20-7-5-6-8-21(20)26)27-24(31)19-17-23(30)28(4)18-19;1-24(2,3)10-13-28-14-11-25(12-15-28)9-8-21(19-7-6-18(26)17-20(19)25)27-23(29)22-5-4-16-30-22;;;/h8-9,19,23-24H,5-7,10-18H2,1-4H3,(H,30,34);5-8,19,22H,9-18H2,1-4H3,(H,27,31);6-7,17,21-22H,4-5,8-16H2,1-3H3,(H,27,29);3*1H/t23-,24?;19?,22-;21-,22?;;;/m010.../s1. The third kappa shape index (κ3) is 18.0. The van der Waals surface area contributed by atoms with E-state index in [1.165, 1.54) is 55.8 Å². The van der Waals surface area contributed by atoms with E-state index in [1.807, 2.05) is 19.1 Å². The topological polar surface area (TPSA) is 147 Å². The summed E-state index contributed by atoms with van der Waals surface area (Å²) in [6.07, 6.45) is 19.9. The van der Waals surface area contributed by atoms with Gasteiger partial charge in [-0.3, -0.25) is 24.0 Å². The second-order valence-corrected chi connectivity index (χ2v) is 33.9. The SMILES string of the molecule is CC(C)(C)CCN1CCC2(CC[C@H](NC(=O)C3CCCO3)c3ccc(F)cc32)CC1.CCC(=O)N1CCCC1C(=O)N[C@H]1CCC2(CCN(CCC(C)(C)C)CC2)c2cc(F)ccc21.CN1CC(C(=O)N[C@@H]2CCC3(CCN(CCC(C)(C)C)CC3)c3ccccc32)CC1=O.[HH].[HH].[HH]. The van der Waals surface area contributed by atoms with Gasteiger partial charge in [0.15, 0.2) is 0 Å². The molecule has 6 aliphatic heterocycles. The maximum Gasteiger partial charge on any atom is 0.249 e. The van der Waals surface area contributed by atoms with Gasteiger partial charge >= 0.3 is 0 Å². The van der Waals surface area contributed by atoms with Crippen LogP contribution in [0.5, 0.6) is 0 Å². The van der Waals surface area contributed by atoms with E-state index < -0.39 is 0 Å². The van der Waals surface area contributed by atoms with Crippen LogP contribution in [0.15, 0.2) is 60.7 Å². The number of ether oxygens (including phenoxy) is 1. The zero-order valence-electron chi connectivity index (χ0n) is 60.0. The van der Waals surface area contributed by atoms with Crippen LogP contribution in [0, 0.1) is 33.8 Å². The van der Waals surface area contributed by atoms with Crippen LogP contribution in [0.3, 0.4) is 0 Å². The van der Waals surface area contributed by atoms with E-state index in [2.05, 4.69) is 117 Å². The maximum atomic E-state index is 14.4. The molecule has 0 saturated carbocycles. The van der Waals surface area contributed by atoms with Crippen LogP contribution in [0.4, 0.5) is 8.78 Å². The van der Waals surface area contributed by atoms with Gasteiger partial charge in [-0.15, -0.1) is 0 Å². The minimum Gasteiger partial charge on any atom is -0.368 e. The van der Waals surface area contributed by atoms with Crippen LogP contribution in [0.25, 0.3) is 0 Å². The lowest BCUT2D eigenvalue weighted by atomic mass is 9.63. The number of amides is 5. The lowest BCUT2D eigenvalue weighted by Gasteiger charge is -2.47. The minimum absolute atomic E-state index is 0. The second kappa shape index (κ2) is 30.4. The molecule has 95 heavy (non-hydrogen) atoms. The number of halogens is 2. The Bertz CT molecular complexity index is 3160. The van der Waals surface area contributed by atoms with Crippen LogP contribution >= 0.6 is 0 Å². The van der Waals surface area contributed by atoms with E-state index in [0.717, 1.165) is 165 Å². The first-order valence-corrected chi connectivity index (χ1v) is 37.0. The molecule has 3 N–H and O–H groups in total. The fourth-order valence-electron chi connectivity index (χ4n) is 17.3. The first-order valence-electron chi connectivity index (χ1n) is 37.0. The Morgan fingerprint density at radius 2 is 0.968 bits per heavy atom. The number of benzene rings is 3. The molecule has 9 aliphatic rings. The van der Waals surface area contributed by atoms with Crippen molar-refractivity contribution in [2.45, 2.75) is 251 Å². The van der Waals surface area contributed by atoms with Gasteiger partial charge in [-0.1, -0.05) is 106 Å². The Morgan fingerprint density at radius 3 is 1.39 bits per heavy atom. The van der Waals surface area contributed by atoms with Gasteiger partial charge in [0.25, 0.3) is 0 Å². The summed E-state index contributed by atoms with van der Waals surface area (Å²) in [7, 11) is 1.78. The third-order valence-electron chi connectivity index (χ3n) is 23.6. The molecular weight excluding hydrogens is 1190 g/mol. The van der Waals surface area contributed by atoms with Gasteiger partial charge in [-0.05, 0) is 271 Å². The highest BCUT2D eigenvalue weighted by atomic mass is 19.1. The first-order chi connectivity index (χ1) is 45.0. The average molecular weight is 1320 g/mol. The number of hydrogen-bond acceptors (Lipinski definition) is 9. The number of carbonyl (C=O) groups excluding carboxylic acids is 5. The predicted octanol–water partition coefficient (Wildman–Crippen LogP) is 14.3. The number of nitrogens with zero attached hydrogens (tertiary/aromatic N) is 5. The molecule has 6 heterocycles.